The summed E-state index contributed by atoms with van der Waals surface area (Å²) in [6, 6.07) is 0. The van der Waals surface area contributed by atoms with Crippen molar-refractivity contribution in [3.8, 4) is 0 Å². The molecule has 88 valence electrons. The Balaban J connectivity index is 2.16. The molecule has 1 aliphatic rings. The third-order valence-electron chi connectivity index (χ3n) is 2.61. The minimum Gasteiger partial charge on any atom is -0.368 e. The fourth-order valence-electron chi connectivity index (χ4n) is 1.58. The Kier molecular flexibility index (Phi) is 2.61. The van der Waals surface area contributed by atoms with E-state index in [9.17, 15) is 4.79 Å². The van der Waals surface area contributed by atoms with Crippen LogP contribution in [0.25, 0.3) is 0 Å². The minimum atomic E-state index is -0.385. The van der Waals surface area contributed by atoms with Crippen LogP contribution in [0.4, 0.5) is 11.5 Å². The van der Waals surface area contributed by atoms with Gasteiger partial charge in [0.25, 0.3) is 0 Å². The van der Waals surface area contributed by atoms with E-state index in [4.69, 9.17) is 0 Å². The maximum Gasteiger partial charge on any atom is 0.229 e. The molecule has 1 amide bonds. The second kappa shape index (κ2) is 3.81. The molecule has 0 fully saturated rings. The summed E-state index contributed by atoms with van der Waals surface area (Å²) in [5.41, 5.74) is 0.392. The van der Waals surface area contributed by atoms with Crippen molar-refractivity contribution in [3.63, 3.8) is 0 Å². The highest BCUT2D eigenvalue weighted by Crippen LogP contribution is 2.26. The van der Waals surface area contributed by atoms with Crippen molar-refractivity contribution in [1.29, 1.82) is 0 Å². The van der Waals surface area contributed by atoms with E-state index in [1.807, 2.05) is 25.5 Å². The summed E-state index contributed by atoms with van der Waals surface area (Å²) in [5.74, 6) is 0.930. The molecular weight excluding hydrogens is 204 g/mol. The normalized spacial score (nSPS) is 15.2. The highest BCUT2D eigenvalue weighted by molar-refractivity contribution is 5.96. The zero-order valence-electron chi connectivity index (χ0n) is 10.0. The molecule has 1 aromatic rings. The maximum absolute atomic E-state index is 11.8. The van der Waals surface area contributed by atoms with Crippen LogP contribution in [0.3, 0.4) is 0 Å². The van der Waals surface area contributed by atoms with Gasteiger partial charge < -0.3 is 10.6 Å². The van der Waals surface area contributed by atoms with Crippen LogP contribution in [0, 0.1) is 5.41 Å². The van der Waals surface area contributed by atoms with Gasteiger partial charge >= 0.3 is 0 Å². The summed E-state index contributed by atoms with van der Waals surface area (Å²) in [7, 11) is 0. The molecular formula is C11H18N4O. The van der Waals surface area contributed by atoms with Gasteiger partial charge in [-0.25, -0.2) is 4.68 Å². The number of aromatic nitrogens is 2. The summed E-state index contributed by atoms with van der Waals surface area (Å²) in [5, 5.41) is 10.4. The van der Waals surface area contributed by atoms with Crippen LogP contribution >= 0.6 is 0 Å². The first-order chi connectivity index (χ1) is 7.48. The molecule has 1 aliphatic heterocycles. The molecule has 0 aromatic carbocycles. The monoisotopic (exact) mass is 222 g/mol. The first-order valence-electron chi connectivity index (χ1n) is 5.59. The molecule has 0 saturated heterocycles. The standard InChI is InChI=1S/C11H18N4O/c1-11(2,3)10(16)14-8-7-13-15-6-4-5-12-9(8)15/h7,12H,4-6H2,1-3H3,(H,14,16). The van der Waals surface area contributed by atoms with Crippen LogP contribution in [0.1, 0.15) is 27.2 Å². The third kappa shape index (κ3) is 2.03. The van der Waals surface area contributed by atoms with Crippen molar-refractivity contribution in [2.45, 2.75) is 33.7 Å². The molecule has 0 bridgehead atoms. The number of anilines is 2. The molecule has 0 aliphatic carbocycles. The SMILES string of the molecule is CC(C)(C)C(=O)Nc1cnn2c1NCCC2. The fraction of sp³-hybridized carbons (Fsp3) is 0.636. The number of hydrogen-bond donors (Lipinski definition) is 2. The summed E-state index contributed by atoms with van der Waals surface area (Å²) in [4.78, 5) is 11.8. The Labute approximate surface area is 95.2 Å². The average molecular weight is 222 g/mol. The third-order valence-corrected chi connectivity index (χ3v) is 2.61. The molecule has 0 saturated carbocycles. The number of carbonyl (C=O) groups is 1. The summed E-state index contributed by atoms with van der Waals surface area (Å²) in [6.07, 6.45) is 2.78. The Hall–Kier alpha value is -1.52. The molecule has 1 aromatic heterocycles. The number of nitrogens with one attached hydrogen (secondary N) is 2. The zero-order chi connectivity index (χ0) is 11.8. The van der Waals surface area contributed by atoms with Gasteiger partial charge in [0.15, 0.2) is 0 Å². The van der Waals surface area contributed by atoms with Crippen molar-refractivity contribution >= 4 is 17.4 Å². The van der Waals surface area contributed by atoms with E-state index in [1.54, 1.807) is 6.20 Å². The lowest BCUT2D eigenvalue weighted by atomic mass is 9.96. The summed E-state index contributed by atoms with van der Waals surface area (Å²) < 4.78 is 1.89. The van der Waals surface area contributed by atoms with Gasteiger partial charge in [-0.3, -0.25) is 4.79 Å². The molecule has 5 nitrogen and oxygen atoms in total. The lowest BCUT2D eigenvalue weighted by Crippen LogP contribution is -2.28. The molecule has 0 radical (unpaired) electrons. The summed E-state index contributed by atoms with van der Waals surface area (Å²) in [6.45, 7) is 7.53. The van der Waals surface area contributed by atoms with Gasteiger partial charge in [0.2, 0.25) is 5.91 Å². The summed E-state index contributed by atoms with van der Waals surface area (Å²) >= 11 is 0. The second-order valence-corrected chi connectivity index (χ2v) is 5.11. The Morgan fingerprint density at radius 1 is 1.56 bits per heavy atom. The number of nitrogens with zero attached hydrogens (tertiary/aromatic N) is 2. The topological polar surface area (TPSA) is 59.0 Å². The van der Waals surface area contributed by atoms with Crippen LogP contribution in [-0.2, 0) is 11.3 Å². The first kappa shape index (κ1) is 11.0. The number of rotatable bonds is 1. The quantitative estimate of drug-likeness (QED) is 0.760. The molecule has 5 heteroatoms. The predicted octanol–water partition coefficient (Wildman–Crippen LogP) is 1.68. The highest BCUT2D eigenvalue weighted by Gasteiger charge is 2.24. The van der Waals surface area contributed by atoms with Gasteiger partial charge in [0.05, 0.1) is 6.20 Å². The number of carbonyl (C=O) groups excluding carboxylic acids is 1. The molecule has 0 unspecified atom stereocenters. The van der Waals surface area contributed by atoms with Gasteiger partial charge in [0.1, 0.15) is 11.5 Å². The van der Waals surface area contributed by atoms with Crippen molar-refractivity contribution in [2.75, 3.05) is 17.2 Å². The average Bonchev–Trinajstić information content (AvgIpc) is 2.61. The van der Waals surface area contributed by atoms with Crippen molar-refractivity contribution < 1.29 is 4.79 Å². The van der Waals surface area contributed by atoms with E-state index in [0.717, 1.165) is 31.0 Å². The Morgan fingerprint density at radius 3 is 3.00 bits per heavy atom. The van der Waals surface area contributed by atoms with E-state index in [2.05, 4.69) is 15.7 Å². The number of amides is 1. The van der Waals surface area contributed by atoms with Crippen LogP contribution in [0.2, 0.25) is 0 Å². The lowest BCUT2D eigenvalue weighted by molar-refractivity contribution is -0.123. The van der Waals surface area contributed by atoms with Crippen molar-refractivity contribution in [3.05, 3.63) is 6.20 Å². The van der Waals surface area contributed by atoms with Crippen molar-refractivity contribution in [2.24, 2.45) is 5.41 Å². The zero-order valence-corrected chi connectivity index (χ0v) is 10.0. The Morgan fingerprint density at radius 2 is 2.31 bits per heavy atom. The Bertz CT molecular complexity index is 403. The van der Waals surface area contributed by atoms with Gasteiger partial charge in [-0.05, 0) is 6.42 Å². The van der Waals surface area contributed by atoms with Crippen LogP contribution in [0.15, 0.2) is 6.20 Å². The number of hydrogen-bond acceptors (Lipinski definition) is 3. The van der Waals surface area contributed by atoms with Gasteiger partial charge in [0, 0.05) is 18.5 Å². The molecule has 0 atom stereocenters. The molecule has 0 spiro atoms. The maximum atomic E-state index is 11.8. The predicted molar refractivity (Wildman–Crippen MR) is 63.4 cm³/mol. The molecule has 2 heterocycles. The largest absolute Gasteiger partial charge is 0.368 e. The molecule has 2 rings (SSSR count). The van der Waals surface area contributed by atoms with Gasteiger partial charge in [-0.1, -0.05) is 20.8 Å². The number of fused-ring (bicyclic) bond motifs is 1. The fourth-order valence-corrected chi connectivity index (χ4v) is 1.58. The van der Waals surface area contributed by atoms with E-state index in [-0.39, 0.29) is 11.3 Å². The van der Waals surface area contributed by atoms with E-state index in [0.29, 0.717) is 0 Å². The lowest BCUT2D eigenvalue weighted by Gasteiger charge is -2.20. The van der Waals surface area contributed by atoms with Crippen LogP contribution in [-0.4, -0.2) is 22.2 Å². The van der Waals surface area contributed by atoms with E-state index < -0.39 is 0 Å². The first-order valence-corrected chi connectivity index (χ1v) is 5.59. The minimum absolute atomic E-state index is 0.00988. The van der Waals surface area contributed by atoms with Gasteiger partial charge in [-0.15, -0.1) is 0 Å². The smallest absolute Gasteiger partial charge is 0.229 e. The van der Waals surface area contributed by atoms with Crippen LogP contribution < -0.4 is 10.6 Å². The van der Waals surface area contributed by atoms with Crippen LogP contribution in [0.5, 0.6) is 0 Å². The highest BCUT2D eigenvalue weighted by atomic mass is 16.2. The molecule has 16 heavy (non-hydrogen) atoms. The van der Waals surface area contributed by atoms with E-state index >= 15 is 0 Å². The van der Waals surface area contributed by atoms with Gasteiger partial charge in [-0.2, -0.15) is 5.10 Å². The second-order valence-electron chi connectivity index (χ2n) is 5.11. The van der Waals surface area contributed by atoms with E-state index in [1.165, 1.54) is 0 Å². The number of aryl methyl sites for hydroxylation is 1. The molecule has 2 N–H and O–H groups in total. The van der Waals surface area contributed by atoms with Crippen molar-refractivity contribution in [1.82, 2.24) is 9.78 Å².